The van der Waals surface area contributed by atoms with Crippen LogP contribution in [0.2, 0.25) is 0 Å². The molecule has 1 heterocycles. The van der Waals surface area contributed by atoms with E-state index in [4.69, 9.17) is 4.74 Å². The van der Waals surface area contributed by atoms with Crippen molar-refractivity contribution < 1.29 is 32.2 Å². The molecule has 0 fully saturated rings. The standard InChI is InChI=1S/C13H10F4N2O3/c1-3-22-13(21)5-4(2)18-19-11(5)6-7(14)8(15)9(16)10(17)12(6)20/h20H,3H2,1-2H3,(H,18,19). The lowest BCUT2D eigenvalue weighted by Gasteiger charge is -2.09. The van der Waals surface area contributed by atoms with Crippen molar-refractivity contribution in [2.75, 3.05) is 6.61 Å². The molecule has 0 aliphatic carbocycles. The van der Waals surface area contributed by atoms with Crippen molar-refractivity contribution in [1.82, 2.24) is 10.2 Å². The minimum Gasteiger partial charge on any atom is -0.504 e. The minimum absolute atomic E-state index is 0.0104. The fraction of sp³-hybridized carbons (Fsp3) is 0.231. The smallest absolute Gasteiger partial charge is 0.342 e. The summed E-state index contributed by atoms with van der Waals surface area (Å²) in [5, 5.41) is 15.4. The molecule has 0 bridgehead atoms. The number of nitrogens with zero attached hydrogens (tertiary/aromatic N) is 1. The van der Waals surface area contributed by atoms with E-state index in [-0.39, 0.29) is 17.9 Å². The third-order valence-corrected chi connectivity index (χ3v) is 2.91. The van der Waals surface area contributed by atoms with Crippen molar-refractivity contribution in [3.8, 4) is 17.0 Å². The van der Waals surface area contributed by atoms with Crippen LogP contribution in [0.3, 0.4) is 0 Å². The molecule has 0 aliphatic heterocycles. The summed E-state index contributed by atoms with van der Waals surface area (Å²) in [6, 6.07) is 0. The summed E-state index contributed by atoms with van der Waals surface area (Å²) >= 11 is 0. The number of halogens is 4. The number of aromatic hydroxyl groups is 1. The Bertz CT molecular complexity index is 729. The van der Waals surface area contributed by atoms with Gasteiger partial charge in [-0.3, -0.25) is 5.10 Å². The first-order chi connectivity index (χ1) is 10.3. The molecule has 0 saturated carbocycles. The van der Waals surface area contributed by atoms with Gasteiger partial charge in [-0.05, 0) is 13.8 Å². The van der Waals surface area contributed by atoms with Gasteiger partial charge < -0.3 is 9.84 Å². The number of phenolic OH excluding ortho intramolecular Hbond substituents is 1. The number of benzene rings is 1. The highest BCUT2D eigenvalue weighted by Gasteiger charge is 2.31. The van der Waals surface area contributed by atoms with Crippen LogP contribution in [-0.4, -0.2) is 27.9 Å². The van der Waals surface area contributed by atoms with Crippen LogP contribution in [0.15, 0.2) is 0 Å². The van der Waals surface area contributed by atoms with Gasteiger partial charge in [0.1, 0.15) is 11.3 Å². The number of phenols is 1. The molecule has 1 aromatic heterocycles. The summed E-state index contributed by atoms with van der Waals surface area (Å²) < 4.78 is 58.4. The summed E-state index contributed by atoms with van der Waals surface area (Å²) in [5.41, 5.74) is -1.84. The largest absolute Gasteiger partial charge is 0.504 e. The van der Waals surface area contributed by atoms with Crippen molar-refractivity contribution >= 4 is 5.97 Å². The third kappa shape index (κ3) is 2.28. The molecule has 1 aromatic carbocycles. The van der Waals surface area contributed by atoms with Gasteiger partial charge in [0.25, 0.3) is 0 Å². The molecule has 0 spiro atoms. The molecule has 0 saturated heterocycles. The molecule has 0 atom stereocenters. The van der Waals surface area contributed by atoms with Crippen LogP contribution in [0.1, 0.15) is 23.0 Å². The lowest BCUT2D eigenvalue weighted by Crippen LogP contribution is -2.08. The number of aryl methyl sites for hydroxylation is 1. The van der Waals surface area contributed by atoms with E-state index in [1.165, 1.54) is 13.8 Å². The van der Waals surface area contributed by atoms with Gasteiger partial charge in [-0.15, -0.1) is 0 Å². The zero-order chi connectivity index (χ0) is 16.6. The maximum atomic E-state index is 13.9. The third-order valence-electron chi connectivity index (χ3n) is 2.91. The van der Waals surface area contributed by atoms with E-state index >= 15 is 0 Å². The maximum Gasteiger partial charge on any atom is 0.342 e. The zero-order valence-electron chi connectivity index (χ0n) is 11.4. The number of aromatic amines is 1. The van der Waals surface area contributed by atoms with E-state index in [1.807, 2.05) is 0 Å². The van der Waals surface area contributed by atoms with Crippen LogP contribution in [0, 0.1) is 30.2 Å². The average molecular weight is 318 g/mol. The monoisotopic (exact) mass is 318 g/mol. The SMILES string of the molecule is CCOC(=O)c1c(-c2c(O)c(F)c(F)c(F)c2F)n[nH]c1C. The average Bonchev–Trinajstić information content (AvgIpc) is 2.85. The number of aromatic nitrogens is 2. The Labute approximate surface area is 121 Å². The van der Waals surface area contributed by atoms with E-state index in [1.54, 1.807) is 0 Å². The number of ether oxygens (including phenoxy) is 1. The van der Waals surface area contributed by atoms with E-state index in [2.05, 4.69) is 10.2 Å². The van der Waals surface area contributed by atoms with Crippen molar-refractivity contribution in [3.05, 3.63) is 34.5 Å². The topological polar surface area (TPSA) is 75.2 Å². The summed E-state index contributed by atoms with van der Waals surface area (Å²) in [4.78, 5) is 11.8. The summed E-state index contributed by atoms with van der Waals surface area (Å²) in [6.07, 6.45) is 0. The Balaban J connectivity index is 2.77. The molecule has 118 valence electrons. The molecule has 5 nitrogen and oxygen atoms in total. The highest BCUT2D eigenvalue weighted by Crippen LogP contribution is 2.38. The second-order valence-electron chi connectivity index (χ2n) is 4.27. The molecule has 2 aromatic rings. The van der Waals surface area contributed by atoms with E-state index < -0.39 is 46.2 Å². The first kappa shape index (κ1) is 15.8. The van der Waals surface area contributed by atoms with Crippen LogP contribution >= 0.6 is 0 Å². The first-order valence-electron chi connectivity index (χ1n) is 6.08. The highest BCUT2D eigenvalue weighted by atomic mass is 19.2. The Morgan fingerprint density at radius 1 is 1.18 bits per heavy atom. The van der Waals surface area contributed by atoms with Gasteiger partial charge in [-0.25, -0.2) is 18.0 Å². The van der Waals surface area contributed by atoms with Gasteiger partial charge >= 0.3 is 5.97 Å². The van der Waals surface area contributed by atoms with E-state index in [9.17, 15) is 27.5 Å². The fourth-order valence-electron chi connectivity index (χ4n) is 1.90. The van der Waals surface area contributed by atoms with Gasteiger partial charge in [0.15, 0.2) is 17.4 Å². The van der Waals surface area contributed by atoms with Gasteiger partial charge in [-0.2, -0.15) is 9.49 Å². The number of hydrogen-bond acceptors (Lipinski definition) is 4. The first-order valence-corrected chi connectivity index (χ1v) is 6.08. The molecule has 0 unspecified atom stereocenters. The summed E-state index contributed by atoms with van der Waals surface area (Å²) in [7, 11) is 0. The second kappa shape index (κ2) is 5.66. The van der Waals surface area contributed by atoms with E-state index in [0.29, 0.717) is 0 Å². The number of carbonyl (C=O) groups excluding carboxylic acids is 1. The number of nitrogens with one attached hydrogen (secondary N) is 1. The Kier molecular flexibility index (Phi) is 4.07. The van der Waals surface area contributed by atoms with Gasteiger partial charge in [0.05, 0.1) is 12.2 Å². The summed E-state index contributed by atoms with van der Waals surface area (Å²) in [5.74, 6) is -10.6. The molecule has 0 amide bonds. The number of H-pyrrole nitrogens is 1. The van der Waals surface area contributed by atoms with Crippen molar-refractivity contribution in [2.24, 2.45) is 0 Å². The molecule has 0 radical (unpaired) electrons. The number of rotatable bonds is 3. The van der Waals surface area contributed by atoms with Crippen molar-refractivity contribution in [3.63, 3.8) is 0 Å². The Hall–Kier alpha value is -2.58. The van der Waals surface area contributed by atoms with Crippen molar-refractivity contribution in [2.45, 2.75) is 13.8 Å². The van der Waals surface area contributed by atoms with Crippen LogP contribution in [0.25, 0.3) is 11.3 Å². The fourth-order valence-corrected chi connectivity index (χ4v) is 1.90. The Morgan fingerprint density at radius 3 is 2.36 bits per heavy atom. The predicted octanol–water partition coefficient (Wildman–Crippen LogP) is 2.82. The van der Waals surface area contributed by atoms with Crippen molar-refractivity contribution in [1.29, 1.82) is 0 Å². The highest BCUT2D eigenvalue weighted by molar-refractivity contribution is 5.98. The molecule has 2 N–H and O–H groups in total. The lowest BCUT2D eigenvalue weighted by atomic mass is 10.0. The van der Waals surface area contributed by atoms with E-state index in [0.717, 1.165) is 0 Å². The molecule has 2 rings (SSSR count). The number of carbonyl (C=O) groups is 1. The molecular weight excluding hydrogens is 308 g/mol. The number of esters is 1. The lowest BCUT2D eigenvalue weighted by molar-refractivity contribution is 0.0526. The van der Waals surface area contributed by atoms with Crippen LogP contribution < -0.4 is 0 Å². The van der Waals surface area contributed by atoms with Crippen LogP contribution in [0.5, 0.6) is 5.75 Å². The molecule has 0 aliphatic rings. The summed E-state index contributed by atoms with van der Waals surface area (Å²) in [6.45, 7) is 2.89. The quantitative estimate of drug-likeness (QED) is 0.395. The minimum atomic E-state index is -2.16. The number of hydrogen-bond donors (Lipinski definition) is 2. The van der Waals surface area contributed by atoms with Gasteiger partial charge in [0, 0.05) is 5.69 Å². The van der Waals surface area contributed by atoms with Crippen LogP contribution in [0.4, 0.5) is 17.6 Å². The molecular formula is C13H10F4N2O3. The zero-order valence-corrected chi connectivity index (χ0v) is 11.4. The Morgan fingerprint density at radius 2 is 1.77 bits per heavy atom. The maximum absolute atomic E-state index is 13.9. The second-order valence-corrected chi connectivity index (χ2v) is 4.27. The normalized spacial score (nSPS) is 10.8. The van der Waals surface area contributed by atoms with Gasteiger partial charge in [0.2, 0.25) is 11.6 Å². The molecule has 9 heteroatoms. The molecule has 22 heavy (non-hydrogen) atoms. The van der Waals surface area contributed by atoms with Gasteiger partial charge in [-0.1, -0.05) is 0 Å². The predicted molar refractivity (Wildman–Crippen MR) is 66.2 cm³/mol. The van der Waals surface area contributed by atoms with Crippen LogP contribution in [-0.2, 0) is 4.74 Å².